The van der Waals surface area contributed by atoms with Crippen LogP contribution in [0, 0.1) is 0 Å². The minimum atomic E-state index is -0.517. The number of carbonyl (C=O) groups is 1. The smallest absolute Gasteiger partial charge is 0.253 e. The van der Waals surface area contributed by atoms with E-state index in [2.05, 4.69) is 23.2 Å². The van der Waals surface area contributed by atoms with Crippen LogP contribution in [-0.4, -0.2) is 65.1 Å². The first-order valence-electron chi connectivity index (χ1n) is 9.34. The van der Waals surface area contributed by atoms with Crippen LogP contribution in [0.1, 0.15) is 16.8 Å². The van der Waals surface area contributed by atoms with Crippen molar-refractivity contribution in [2.45, 2.75) is 18.6 Å². The van der Waals surface area contributed by atoms with E-state index in [4.69, 9.17) is 0 Å². The molecule has 0 spiro atoms. The monoisotopic (exact) mass is 363 g/mol. The third-order valence-electron chi connectivity index (χ3n) is 5.49. The van der Waals surface area contributed by atoms with Crippen LogP contribution < -0.4 is 0 Å². The topological polar surface area (TPSA) is 59.6 Å². The van der Waals surface area contributed by atoms with Crippen LogP contribution in [0.5, 0.6) is 0 Å². The first kappa shape index (κ1) is 17.8. The number of fused-ring (bicyclic) bond motifs is 1. The van der Waals surface area contributed by atoms with Crippen molar-refractivity contribution in [3.63, 3.8) is 0 Å². The number of aliphatic hydroxyl groups is 1. The number of piperidine rings is 1. The van der Waals surface area contributed by atoms with Crippen LogP contribution in [0.15, 0.2) is 54.7 Å². The maximum Gasteiger partial charge on any atom is 0.253 e. The number of aliphatic hydroxyl groups excluding tert-OH is 1. The Hall–Kier alpha value is -2.63. The summed E-state index contributed by atoms with van der Waals surface area (Å²) in [6.45, 7) is 1.04. The van der Waals surface area contributed by atoms with Crippen molar-refractivity contribution in [3.05, 3.63) is 60.3 Å². The lowest BCUT2D eigenvalue weighted by Gasteiger charge is -2.39. The third-order valence-corrected chi connectivity index (χ3v) is 5.49. The number of likely N-dealkylation sites (tertiary alicyclic amines) is 1. The molecule has 4 rings (SSSR count). The second-order valence-corrected chi connectivity index (χ2v) is 7.50. The highest BCUT2D eigenvalue weighted by Gasteiger charge is 2.31. The summed E-state index contributed by atoms with van der Waals surface area (Å²) in [7, 11) is 3.94. The van der Waals surface area contributed by atoms with E-state index in [0.29, 0.717) is 18.7 Å². The van der Waals surface area contributed by atoms with E-state index in [1.165, 1.54) is 5.39 Å². The summed E-state index contributed by atoms with van der Waals surface area (Å²) in [5.41, 5.74) is 3.83. The molecule has 2 aromatic carbocycles. The molecule has 27 heavy (non-hydrogen) atoms. The van der Waals surface area contributed by atoms with Gasteiger partial charge < -0.3 is 19.9 Å². The van der Waals surface area contributed by atoms with Crippen LogP contribution in [0.2, 0.25) is 0 Å². The summed E-state index contributed by atoms with van der Waals surface area (Å²) in [6, 6.07) is 16.1. The standard InChI is InChI=1S/C22H25N3O2/c1-24(2)20-9-11-25(14-21(20)26)22(27)18-5-3-4-16(12-18)17-7-6-15-8-10-23-19(15)13-17/h3-8,10,12-13,20-21,23,26H,9,11,14H2,1-2H3/t20-,21-/m1/s1. The van der Waals surface area contributed by atoms with Crippen molar-refractivity contribution >= 4 is 16.8 Å². The van der Waals surface area contributed by atoms with Crippen molar-refractivity contribution in [3.8, 4) is 11.1 Å². The van der Waals surface area contributed by atoms with E-state index in [-0.39, 0.29) is 11.9 Å². The van der Waals surface area contributed by atoms with Gasteiger partial charge in [-0.1, -0.05) is 24.3 Å². The number of likely N-dealkylation sites (N-methyl/N-ethyl adjacent to an activating group) is 1. The third kappa shape index (κ3) is 3.48. The summed E-state index contributed by atoms with van der Waals surface area (Å²) in [5.74, 6) is -0.0194. The number of amides is 1. The summed E-state index contributed by atoms with van der Waals surface area (Å²) in [5, 5.41) is 11.5. The van der Waals surface area contributed by atoms with Crippen LogP contribution in [0.25, 0.3) is 22.0 Å². The molecule has 2 heterocycles. The molecule has 0 radical (unpaired) electrons. The van der Waals surface area contributed by atoms with Gasteiger partial charge in [0.2, 0.25) is 0 Å². The number of benzene rings is 2. The largest absolute Gasteiger partial charge is 0.390 e. The highest BCUT2D eigenvalue weighted by atomic mass is 16.3. The van der Waals surface area contributed by atoms with Crippen molar-refractivity contribution in [1.82, 2.24) is 14.8 Å². The Morgan fingerprint density at radius 1 is 1.15 bits per heavy atom. The zero-order chi connectivity index (χ0) is 19.0. The van der Waals surface area contributed by atoms with Gasteiger partial charge in [0.05, 0.1) is 6.10 Å². The van der Waals surface area contributed by atoms with Gasteiger partial charge in [0.1, 0.15) is 0 Å². The SMILES string of the molecule is CN(C)[C@@H]1CCN(C(=O)c2cccc(-c3ccc4cc[nH]c4c3)c2)C[C@H]1O. The maximum absolute atomic E-state index is 13.0. The van der Waals surface area contributed by atoms with Gasteiger partial charge in [-0.05, 0) is 61.3 Å². The first-order chi connectivity index (χ1) is 13.0. The van der Waals surface area contributed by atoms with Gasteiger partial charge in [-0.25, -0.2) is 0 Å². The number of nitrogens with zero attached hydrogens (tertiary/aromatic N) is 2. The molecule has 1 fully saturated rings. The van der Waals surface area contributed by atoms with Gasteiger partial charge in [0.15, 0.2) is 0 Å². The number of hydrogen-bond acceptors (Lipinski definition) is 3. The van der Waals surface area contributed by atoms with Crippen LogP contribution in [0.4, 0.5) is 0 Å². The molecule has 1 aliphatic rings. The van der Waals surface area contributed by atoms with E-state index in [1.807, 2.05) is 55.5 Å². The van der Waals surface area contributed by atoms with Gasteiger partial charge >= 0.3 is 0 Å². The zero-order valence-corrected chi connectivity index (χ0v) is 15.7. The minimum absolute atomic E-state index is 0.0194. The number of β-amino-alcohol motifs (C(OH)–C–C–N with tert-alkyl or cyclic N) is 1. The maximum atomic E-state index is 13.0. The molecule has 1 aromatic heterocycles. The average molecular weight is 363 g/mol. The molecule has 1 aliphatic heterocycles. The molecule has 0 unspecified atom stereocenters. The summed E-state index contributed by atoms with van der Waals surface area (Å²) in [4.78, 5) is 20.0. The highest BCUT2D eigenvalue weighted by Crippen LogP contribution is 2.25. The zero-order valence-electron chi connectivity index (χ0n) is 15.7. The quantitative estimate of drug-likeness (QED) is 0.752. The highest BCUT2D eigenvalue weighted by molar-refractivity contribution is 5.96. The lowest BCUT2D eigenvalue weighted by Crippen LogP contribution is -2.53. The van der Waals surface area contributed by atoms with Gasteiger partial charge in [0, 0.05) is 36.4 Å². The van der Waals surface area contributed by atoms with Gasteiger partial charge in [0.25, 0.3) is 5.91 Å². The molecule has 0 saturated carbocycles. The Balaban J connectivity index is 1.56. The molecule has 5 nitrogen and oxygen atoms in total. The molecule has 140 valence electrons. The second kappa shape index (κ2) is 7.18. The van der Waals surface area contributed by atoms with Crippen molar-refractivity contribution < 1.29 is 9.90 Å². The average Bonchev–Trinajstić information content (AvgIpc) is 3.15. The predicted molar refractivity (Wildman–Crippen MR) is 108 cm³/mol. The molecule has 2 N–H and O–H groups in total. The Morgan fingerprint density at radius 3 is 2.74 bits per heavy atom. The predicted octanol–water partition coefficient (Wildman–Crippen LogP) is 2.97. The van der Waals surface area contributed by atoms with Crippen molar-refractivity contribution in [1.29, 1.82) is 0 Å². The van der Waals surface area contributed by atoms with E-state index in [9.17, 15) is 9.90 Å². The molecule has 1 amide bonds. The summed E-state index contributed by atoms with van der Waals surface area (Å²) in [6.07, 6.45) is 2.19. The number of aromatic nitrogens is 1. The van der Waals surface area contributed by atoms with Gasteiger partial charge in [-0.2, -0.15) is 0 Å². The lowest BCUT2D eigenvalue weighted by atomic mass is 9.98. The summed E-state index contributed by atoms with van der Waals surface area (Å²) >= 11 is 0. The fourth-order valence-corrected chi connectivity index (χ4v) is 3.95. The van der Waals surface area contributed by atoms with Crippen LogP contribution >= 0.6 is 0 Å². The number of carbonyl (C=O) groups excluding carboxylic acids is 1. The number of rotatable bonds is 3. The number of H-pyrrole nitrogens is 1. The van der Waals surface area contributed by atoms with E-state index in [1.54, 1.807) is 4.90 Å². The van der Waals surface area contributed by atoms with Crippen molar-refractivity contribution in [2.75, 3.05) is 27.2 Å². The van der Waals surface area contributed by atoms with Gasteiger partial charge in [-0.3, -0.25) is 4.79 Å². The van der Waals surface area contributed by atoms with E-state index in [0.717, 1.165) is 23.1 Å². The molecule has 1 saturated heterocycles. The number of hydrogen-bond donors (Lipinski definition) is 2. The molecule has 3 aromatic rings. The van der Waals surface area contributed by atoms with Crippen molar-refractivity contribution in [2.24, 2.45) is 0 Å². The second-order valence-electron chi connectivity index (χ2n) is 7.50. The van der Waals surface area contributed by atoms with Crippen LogP contribution in [-0.2, 0) is 0 Å². The Morgan fingerprint density at radius 2 is 1.96 bits per heavy atom. The molecule has 0 bridgehead atoms. The molecule has 2 atom stereocenters. The first-order valence-corrected chi connectivity index (χ1v) is 9.34. The number of nitrogens with one attached hydrogen (secondary N) is 1. The minimum Gasteiger partial charge on any atom is -0.390 e. The van der Waals surface area contributed by atoms with Crippen LogP contribution in [0.3, 0.4) is 0 Å². The Kier molecular flexibility index (Phi) is 4.72. The van der Waals surface area contributed by atoms with E-state index >= 15 is 0 Å². The Bertz CT molecular complexity index is 963. The Labute approximate surface area is 159 Å². The molecular formula is C22H25N3O2. The fraction of sp³-hybridized carbons (Fsp3) is 0.318. The normalized spacial score (nSPS) is 20.4. The lowest BCUT2D eigenvalue weighted by molar-refractivity contribution is 0.00608. The molecular weight excluding hydrogens is 338 g/mol. The molecule has 5 heteroatoms. The fourth-order valence-electron chi connectivity index (χ4n) is 3.95. The number of aromatic amines is 1. The van der Waals surface area contributed by atoms with E-state index < -0.39 is 6.10 Å². The summed E-state index contributed by atoms with van der Waals surface area (Å²) < 4.78 is 0. The van der Waals surface area contributed by atoms with Gasteiger partial charge in [-0.15, -0.1) is 0 Å². The molecule has 0 aliphatic carbocycles.